The maximum atomic E-state index is 13.0. The number of halogens is 4. The zero-order valence-electron chi connectivity index (χ0n) is 17.4. The van der Waals surface area contributed by atoms with Crippen molar-refractivity contribution in [1.29, 1.82) is 0 Å². The summed E-state index contributed by atoms with van der Waals surface area (Å²) < 4.78 is 45.8. The summed E-state index contributed by atoms with van der Waals surface area (Å²) in [7, 11) is 0. The average Bonchev–Trinajstić information content (AvgIpc) is 3.18. The first kappa shape index (κ1) is 22.5. The van der Waals surface area contributed by atoms with Crippen molar-refractivity contribution in [3.05, 3.63) is 76.3 Å². The Labute approximate surface area is 191 Å². The lowest BCUT2D eigenvalue weighted by atomic mass is 10.1. The van der Waals surface area contributed by atoms with Gasteiger partial charge >= 0.3 is 6.18 Å². The number of rotatable bonds is 5. The molecule has 1 N–H and O–H groups in total. The number of carbonyl (C=O) groups excluding carboxylic acids is 1. The fraction of sp³-hybridized carbons (Fsp3) is 0.182. The third-order valence-electron chi connectivity index (χ3n) is 4.83. The molecule has 0 aliphatic rings. The van der Waals surface area contributed by atoms with E-state index in [0.717, 1.165) is 4.52 Å². The average molecular weight is 476 g/mol. The van der Waals surface area contributed by atoms with Crippen LogP contribution in [0.5, 0.6) is 11.5 Å². The summed E-state index contributed by atoms with van der Waals surface area (Å²) in [5, 5.41) is 6.64. The predicted octanol–water partition coefficient (Wildman–Crippen LogP) is 5.39. The lowest BCUT2D eigenvalue weighted by Crippen LogP contribution is -2.18. The molecule has 0 spiro atoms. The molecule has 0 unspecified atom stereocenters. The number of fused-ring (bicyclic) bond motifs is 1. The van der Waals surface area contributed by atoms with Crippen molar-refractivity contribution >= 4 is 29.0 Å². The topological polar surface area (TPSA) is 81.4 Å². The van der Waals surface area contributed by atoms with E-state index in [1.165, 1.54) is 0 Å². The highest BCUT2D eigenvalue weighted by molar-refractivity contribution is 6.31. The summed E-state index contributed by atoms with van der Waals surface area (Å²) in [5.41, 5.74) is 1.50. The molecule has 2 heterocycles. The molecule has 0 saturated carbocycles. The standard InChI is InChI=1S/C22H17ClF3N5O2/c1-12-16(13(2)31-21(27-12)29-20(30-31)22(24,25)26)11-19(32)28-17-10-14(23)8-9-18(17)33-15-6-4-3-5-7-15/h3-10H,11H2,1-2H3,(H,28,32). The number of nitrogens with zero attached hydrogens (tertiary/aromatic N) is 4. The molecule has 170 valence electrons. The first-order chi connectivity index (χ1) is 15.6. The molecule has 0 fully saturated rings. The lowest BCUT2D eigenvalue weighted by molar-refractivity contribution is -0.144. The number of carbonyl (C=O) groups is 1. The number of hydrogen-bond acceptors (Lipinski definition) is 5. The maximum absolute atomic E-state index is 13.0. The van der Waals surface area contributed by atoms with E-state index in [2.05, 4.69) is 20.4 Å². The molecule has 0 saturated heterocycles. The Kier molecular flexibility index (Phi) is 5.94. The van der Waals surface area contributed by atoms with Gasteiger partial charge in [-0.1, -0.05) is 29.8 Å². The first-order valence-electron chi connectivity index (χ1n) is 9.74. The summed E-state index contributed by atoms with van der Waals surface area (Å²) >= 11 is 6.09. The minimum atomic E-state index is -4.70. The molecule has 7 nitrogen and oxygen atoms in total. The minimum absolute atomic E-state index is 0.154. The van der Waals surface area contributed by atoms with Gasteiger partial charge in [0, 0.05) is 22.0 Å². The molecular formula is C22H17ClF3N5O2. The molecule has 0 radical (unpaired) electrons. The van der Waals surface area contributed by atoms with E-state index in [-0.39, 0.29) is 12.2 Å². The monoisotopic (exact) mass is 475 g/mol. The second kappa shape index (κ2) is 8.70. The van der Waals surface area contributed by atoms with Crippen molar-refractivity contribution in [2.24, 2.45) is 0 Å². The van der Waals surface area contributed by atoms with Gasteiger partial charge < -0.3 is 10.1 Å². The Balaban J connectivity index is 1.60. The zero-order valence-corrected chi connectivity index (χ0v) is 18.2. The van der Waals surface area contributed by atoms with Gasteiger partial charge in [0.2, 0.25) is 5.91 Å². The van der Waals surface area contributed by atoms with Gasteiger partial charge in [-0.15, -0.1) is 5.10 Å². The number of ether oxygens (including phenoxy) is 1. The third kappa shape index (κ3) is 4.90. The number of aromatic nitrogens is 4. The molecule has 33 heavy (non-hydrogen) atoms. The van der Waals surface area contributed by atoms with Crippen molar-refractivity contribution in [2.45, 2.75) is 26.4 Å². The van der Waals surface area contributed by atoms with Gasteiger partial charge in [0.15, 0.2) is 5.75 Å². The van der Waals surface area contributed by atoms with Crippen LogP contribution in [0.1, 0.15) is 22.8 Å². The van der Waals surface area contributed by atoms with E-state index in [0.29, 0.717) is 39.2 Å². The maximum Gasteiger partial charge on any atom is 0.453 e. The van der Waals surface area contributed by atoms with Crippen LogP contribution in [0.4, 0.5) is 18.9 Å². The van der Waals surface area contributed by atoms with Crippen LogP contribution < -0.4 is 10.1 Å². The van der Waals surface area contributed by atoms with E-state index in [1.54, 1.807) is 44.2 Å². The molecule has 4 aromatic rings. The Bertz CT molecular complexity index is 1340. The van der Waals surface area contributed by atoms with Gasteiger partial charge in [-0.3, -0.25) is 4.79 Å². The highest BCUT2D eigenvalue weighted by atomic mass is 35.5. The molecule has 0 atom stereocenters. The Morgan fingerprint density at radius 3 is 2.55 bits per heavy atom. The van der Waals surface area contributed by atoms with Crippen LogP contribution in [0.25, 0.3) is 5.78 Å². The Morgan fingerprint density at radius 1 is 1.12 bits per heavy atom. The van der Waals surface area contributed by atoms with Crippen molar-refractivity contribution in [3.8, 4) is 11.5 Å². The molecule has 0 aliphatic carbocycles. The minimum Gasteiger partial charge on any atom is -0.455 e. The van der Waals surface area contributed by atoms with E-state index in [1.807, 2.05) is 18.2 Å². The van der Waals surface area contributed by atoms with E-state index < -0.39 is 17.9 Å². The number of anilines is 1. The van der Waals surface area contributed by atoms with Crippen LogP contribution in [-0.2, 0) is 17.4 Å². The fourth-order valence-electron chi connectivity index (χ4n) is 3.24. The Hall–Kier alpha value is -3.66. The van der Waals surface area contributed by atoms with Crippen LogP contribution in [0, 0.1) is 13.8 Å². The summed E-state index contributed by atoms with van der Waals surface area (Å²) in [6, 6.07) is 13.8. The number of para-hydroxylation sites is 1. The smallest absolute Gasteiger partial charge is 0.453 e. The van der Waals surface area contributed by atoms with E-state index >= 15 is 0 Å². The van der Waals surface area contributed by atoms with E-state index in [9.17, 15) is 18.0 Å². The van der Waals surface area contributed by atoms with Crippen LogP contribution in [-0.4, -0.2) is 25.5 Å². The fourth-order valence-corrected chi connectivity index (χ4v) is 3.42. The first-order valence-corrected chi connectivity index (χ1v) is 10.1. The Morgan fingerprint density at radius 2 is 1.85 bits per heavy atom. The summed E-state index contributed by atoms with van der Waals surface area (Å²) in [6.07, 6.45) is -4.85. The molecule has 11 heteroatoms. The van der Waals surface area contributed by atoms with Crippen molar-refractivity contribution < 1.29 is 22.7 Å². The van der Waals surface area contributed by atoms with Crippen LogP contribution >= 0.6 is 11.6 Å². The van der Waals surface area contributed by atoms with Gasteiger partial charge in [0.1, 0.15) is 5.75 Å². The van der Waals surface area contributed by atoms with Crippen molar-refractivity contribution in [1.82, 2.24) is 19.6 Å². The quantitative estimate of drug-likeness (QED) is 0.418. The van der Waals surface area contributed by atoms with Gasteiger partial charge in [-0.2, -0.15) is 18.2 Å². The number of alkyl halides is 3. The second-order valence-corrected chi connectivity index (χ2v) is 7.62. The number of hydrogen-bond donors (Lipinski definition) is 1. The second-order valence-electron chi connectivity index (χ2n) is 7.19. The predicted molar refractivity (Wildman–Crippen MR) is 116 cm³/mol. The number of nitrogens with one attached hydrogen (secondary N) is 1. The molecular weight excluding hydrogens is 459 g/mol. The van der Waals surface area contributed by atoms with Gasteiger partial charge in [-0.25, -0.2) is 9.50 Å². The van der Waals surface area contributed by atoms with Gasteiger partial charge in [0.25, 0.3) is 11.6 Å². The molecule has 0 bridgehead atoms. The van der Waals surface area contributed by atoms with Crippen molar-refractivity contribution in [3.63, 3.8) is 0 Å². The molecule has 1 amide bonds. The van der Waals surface area contributed by atoms with Crippen molar-refractivity contribution in [2.75, 3.05) is 5.32 Å². The molecule has 0 aliphatic heterocycles. The SMILES string of the molecule is Cc1nc2nc(C(F)(F)F)nn2c(C)c1CC(=O)Nc1cc(Cl)ccc1Oc1ccccc1. The van der Waals surface area contributed by atoms with E-state index in [4.69, 9.17) is 16.3 Å². The number of amides is 1. The van der Waals surface area contributed by atoms with Crippen LogP contribution in [0.3, 0.4) is 0 Å². The number of aryl methyl sites for hydroxylation is 2. The van der Waals surface area contributed by atoms with Gasteiger partial charge in [0.05, 0.1) is 12.1 Å². The third-order valence-corrected chi connectivity index (χ3v) is 5.06. The normalized spacial score (nSPS) is 11.6. The zero-order chi connectivity index (χ0) is 23.8. The summed E-state index contributed by atoms with van der Waals surface area (Å²) in [6.45, 7) is 3.16. The summed E-state index contributed by atoms with van der Waals surface area (Å²) in [4.78, 5) is 20.4. The molecule has 4 rings (SSSR count). The largest absolute Gasteiger partial charge is 0.455 e. The van der Waals surface area contributed by atoms with Gasteiger partial charge in [-0.05, 0) is 44.2 Å². The van der Waals surface area contributed by atoms with Crippen LogP contribution in [0.15, 0.2) is 48.5 Å². The molecule has 2 aromatic heterocycles. The molecule has 2 aromatic carbocycles. The summed E-state index contributed by atoms with van der Waals surface area (Å²) in [5.74, 6) is -0.954. The van der Waals surface area contributed by atoms with Crippen LogP contribution in [0.2, 0.25) is 5.02 Å². The highest BCUT2D eigenvalue weighted by Crippen LogP contribution is 2.32. The lowest BCUT2D eigenvalue weighted by Gasteiger charge is -2.14. The number of benzene rings is 2. The highest BCUT2D eigenvalue weighted by Gasteiger charge is 2.37.